The summed E-state index contributed by atoms with van der Waals surface area (Å²) in [6, 6.07) is 26.3. The van der Waals surface area contributed by atoms with Gasteiger partial charge in [-0.3, -0.25) is 0 Å². The van der Waals surface area contributed by atoms with Gasteiger partial charge < -0.3 is 14.9 Å². The molecule has 2 N–H and O–H groups in total. The van der Waals surface area contributed by atoms with Crippen molar-refractivity contribution in [1.29, 1.82) is 0 Å². The number of hydrogen-bond donors (Lipinski definition) is 2. The number of thioether (sulfide) groups is 1. The standard InChI is InChI=1S/C16H16O3S.C11H8O2/c17-15-8-7-14(20-15)10-19-16(18)13-6-5-11-3-1-2-4-12(11)9-13;12-11(13)10-6-5-8-3-1-2-4-9(8)7-10/h1-6,9,14-15,17H,7-8,10H2;1-7H,(H,12,13)/t14-,15?;/m0./s1. The SMILES string of the molecule is O=C(O)c1ccc2ccccc2c1.O=C(OC[C@@H]1CCC(O)S1)c1ccc2ccccc2c1. The minimum atomic E-state index is -0.884. The van der Waals surface area contributed by atoms with Crippen LogP contribution in [0.3, 0.4) is 0 Å². The number of rotatable bonds is 4. The van der Waals surface area contributed by atoms with Crippen molar-refractivity contribution in [2.24, 2.45) is 0 Å². The van der Waals surface area contributed by atoms with Gasteiger partial charge in [0.1, 0.15) is 6.61 Å². The van der Waals surface area contributed by atoms with Crippen molar-refractivity contribution in [2.45, 2.75) is 23.5 Å². The molecule has 6 heteroatoms. The van der Waals surface area contributed by atoms with E-state index in [1.165, 1.54) is 11.8 Å². The number of hydrogen-bond acceptors (Lipinski definition) is 5. The highest BCUT2D eigenvalue weighted by Crippen LogP contribution is 2.32. The van der Waals surface area contributed by atoms with Gasteiger partial charge in [0.05, 0.1) is 16.6 Å². The Hall–Kier alpha value is -3.35. The lowest BCUT2D eigenvalue weighted by atomic mass is 10.1. The van der Waals surface area contributed by atoms with Gasteiger partial charge in [-0.25, -0.2) is 9.59 Å². The third-order valence-corrected chi connectivity index (χ3v) is 6.77. The summed E-state index contributed by atoms with van der Waals surface area (Å²) in [5.41, 5.74) is 0.602. The number of carbonyl (C=O) groups is 2. The number of carbonyl (C=O) groups excluding carboxylic acids is 1. The van der Waals surface area contributed by atoms with Gasteiger partial charge in [-0.2, -0.15) is 0 Å². The quantitative estimate of drug-likeness (QED) is 0.377. The first kappa shape index (κ1) is 22.8. The number of aliphatic hydroxyl groups excluding tert-OH is 1. The third kappa shape index (κ3) is 5.92. The summed E-state index contributed by atoms with van der Waals surface area (Å²) in [6.45, 7) is 0.368. The molecule has 4 aromatic rings. The van der Waals surface area contributed by atoms with E-state index in [0.717, 1.165) is 34.4 Å². The molecule has 2 atom stereocenters. The zero-order valence-electron chi connectivity index (χ0n) is 17.9. The molecular weight excluding hydrogens is 436 g/mol. The zero-order chi connectivity index (χ0) is 23.2. The average molecular weight is 461 g/mol. The van der Waals surface area contributed by atoms with Crippen LogP contribution in [-0.4, -0.2) is 39.4 Å². The maximum absolute atomic E-state index is 12.0. The van der Waals surface area contributed by atoms with Crippen LogP contribution >= 0.6 is 11.8 Å². The van der Waals surface area contributed by atoms with Gasteiger partial charge in [0.25, 0.3) is 0 Å². The maximum atomic E-state index is 12.0. The van der Waals surface area contributed by atoms with Crippen molar-refractivity contribution in [3.63, 3.8) is 0 Å². The van der Waals surface area contributed by atoms with E-state index in [4.69, 9.17) is 9.84 Å². The molecule has 1 aliphatic heterocycles. The minimum Gasteiger partial charge on any atom is -0.478 e. The van der Waals surface area contributed by atoms with Gasteiger partial charge in [-0.15, -0.1) is 11.8 Å². The fraction of sp³-hybridized carbons (Fsp3) is 0.185. The molecule has 168 valence electrons. The molecular formula is C27H24O5S. The van der Waals surface area contributed by atoms with Crippen LogP contribution in [0.2, 0.25) is 0 Å². The predicted octanol–water partition coefficient (Wildman–Crippen LogP) is 5.75. The highest BCUT2D eigenvalue weighted by Gasteiger charge is 2.24. The topological polar surface area (TPSA) is 83.8 Å². The Balaban J connectivity index is 0.000000172. The number of aromatic carboxylic acids is 1. The molecule has 5 nitrogen and oxygen atoms in total. The number of fused-ring (bicyclic) bond motifs is 2. The fourth-order valence-electron chi connectivity index (χ4n) is 3.70. The Morgan fingerprint density at radius 2 is 1.33 bits per heavy atom. The molecule has 0 saturated carbocycles. The molecule has 1 fully saturated rings. The second-order valence-corrected chi connectivity index (χ2v) is 9.30. The second kappa shape index (κ2) is 10.5. The van der Waals surface area contributed by atoms with Gasteiger partial charge >= 0.3 is 11.9 Å². The number of ether oxygens (including phenoxy) is 1. The largest absolute Gasteiger partial charge is 0.478 e. The Morgan fingerprint density at radius 1 is 0.788 bits per heavy atom. The van der Waals surface area contributed by atoms with Crippen LogP contribution in [0.5, 0.6) is 0 Å². The normalized spacial score (nSPS) is 17.4. The first-order valence-corrected chi connectivity index (χ1v) is 11.7. The molecule has 4 aromatic carbocycles. The smallest absolute Gasteiger partial charge is 0.338 e. The third-order valence-electron chi connectivity index (χ3n) is 5.47. The molecule has 33 heavy (non-hydrogen) atoms. The van der Waals surface area contributed by atoms with Crippen LogP contribution in [0.1, 0.15) is 33.6 Å². The molecule has 0 spiro atoms. The van der Waals surface area contributed by atoms with Crippen LogP contribution in [0.15, 0.2) is 84.9 Å². The molecule has 0 amide bonds. The Bertz CT molecular complexity index is 1290. The van der Waals surface area contributed by atoms with E-state index < -0.39 is 5.97 Å². The first-order valence-electron chi connectivity index (χ1n) is 10.7. The maximum Gasteiger partial charge on any atom is 0.338 e. The van der Waals surface area contributed by atoms with Crippen molar-refractivity contribution < 1.29 is 24.5 Å². The monoisotopic (exact) mass is 460 g/mol. The number of carboxylic acids is 1. The summed E-state index contributed by atoms with van der Waals surface area (Å²) >= 11 is 1.48. The molecule has 1 aliphatic rings. The van der Waals surface area contributed by atoms with Gasteiger partial charge in [0.15, 0.2) is 0 Å². The fourth-order valence-corrected chi connectivity index (χ4v) is 4.84. The van der Waals surface area contributed by atoms with Crippen molar-refractivity contribution in [3.05, 3.63) is 96.1 Å². The average Bonchev–Trinajstić information content (AvgIpc) is 3.27. The van der Waals surface area contributed by atoms with E-state index in [9.17, 15) is 14.7 Å². The zero-order valence-corrected chi connectivity index (χ0v) is 18.7. The van der Waals surface area contributed by atoms with Gasteiger partial charge in [0, 0.05) is 5.25 Å². The predicted molar refractivity (Wildman–Crippen MR) is 132 cm³/mol. The van der Waals surface area contributed by atoms with Gasteiger partial charge in [0.2, 0.25) is 0 Å². The highest BCUT2D eigenvalue weighted by molar-refractivity contribution is 8.00. The Labute approximate surface area is 196 Å². The van der Waals surface area contributed by atoms with Crippen LogP contribution in [0, 0.1) is 0 Å². The van der Waals surface area contributed by atoms with Crippen LogP contribution in [0.25, 0.3) is 21.5 Å². The van der Waals surface area contributed by atoms with Crippen molar-refractivity contribution in [1.82, 2.24) is 0 Å². The van der Waals surface area contributed by atoms with E-state index in [-0.39, 0.29) is 16.7 Å². The van der Waals surface area contributed by atoms with E-state index in [1.54, 1.807) is 18.2 Å². The van der Waals surface area contributed by atoms with E-state index >= 15 is 0 Å². The first-order chi connectivity index (χ1) is 16.0. The number of aliphatic hydroxyl groups is 1. The lowest BCUT2D eigenvalue weighted by Crippen LogP contribution is -2.14. The molecule has 1 heterocycles. The van der Waals surface area contributed by atoms with Gasteiger partial charge in [-0.1, -0.05) is 60.7 Å². The second-order valence-electron chi connectivity index (χ2n) is 7.82. The minimum absolute atomic E-state index is 0.217. The molecule has 0 aliphatic carbocycles. The van der Waals surface area contributed by atoms with Crippen molar-refractivity contribution in [2.75, 3.05) is 6.61 Å². The summed E-state index contributed by atoms with van der Waals surface area (Å²) in [5, 5.41) is 22.6. The van der Waals surface area contributed by atoms with E-state index in [1.807, 2.05) is 66.7 Å². The summed E-state index contributed by atoms with van der Waals surface area (Å²) in [4.78, 5) is 22.7. The summed E-state index contributed by atoms with van der Waals surface area (Å²) < 4.78 is 5.34. The number of benzene rings is 4. The number of carboxylic acid groups (broad SMARTS) is 1. The van der Waals surface area contributed by atoms with E-state index in [0.29, 0.717) is 17.7 Å². The van der Waals surface area contributed by atoms with Crippen LogP contribution in [-0.2, 0) is 4.74 Å². The molecule has 5 rings (SSSR count). The molecule has 1 unspecified atom stereocenters. The lowest BCUT2D eigenvalue weighted by Gasteiger charge is -2.10. The van der Waals surface area contributed by atoms with Crippen LogP contribution in [0.4, 0.5) is 0 Å². The Kier molecular flexibility index (Phi) is 7.27. The molecule has 0 bridgehead atoms. The summed E-state index contributed by atoms with van der Waals surface area (Å²) in [5.74, 6) is -1.18. The highest BCUT2D eigenvalue weighted by atomic mass is 32.2. The van der Waals surface area contributed by atoms with Gasteiger partial charge in [-0.05, 0) is 58.7 Å². The lowest BCUT2D eigenvalue weighted by molar-refractivity contribution is 0.0505. The van der Waals surface area contributed by atoms with Crippen molar-refractivity contribution >= 4 is 45.2 Å². The van der Waals surface area contributed by atoms with Crippen LogP contribution < -0.4 is 0 Å². The van der Waals surface area contributed by atoms with E-state index in [2.05, 4.69) is 0 Å². The summed E-state index contributed by atoms with van der Waals surface area (Å²) in [7, 11) is 0. The molecule has 1 saturated heterocycles. The molecule has 0 aromatic heterocycles. The molecule has 0 radical (unpaired) electrons. The van der Waals surface area contributed by atoms with Crippen molar-refractivity contribution in [3.8, 4) is 0 Å². The Morgan fingerprint density at radius 3 is 1.88 bits per heavy atom. The summed E-state index contributed by atoms with van der Waals surface area (Å²) in [6.07, 6.45) is 1.68. The number of esters is 1.